The number of anilines is 1. The second-order valence-corrected chi connectivity index (χ2v) is 4.53. The summed E-state index contributed by atoms with van der Waals surface area (Å²) in [5.74, 6) is -1.06. The normalized spacial score (nSPS) is 19.6. The summed E-state index contributed by atoms with van der Waals surface area (Å²) in [5.41, 5.74) is 3.95. The van der Waals surface area contributed by atoms with E-state index < -0.39 is 23.8 Å². The first kappa shape index (κ1) is 15.5. The molecule has 1 unspecified atom stereocenters. The van der Waals surface area contributed by atoms with Crippen molar-refractivity contribution in [1.29, 1.82) is 0 Å². The molecule has 1 saturated heterocycles. The highest BCUT2D eigenvalue weighted by molar-refractivity contribution is 5.97. The number of nitrogens with two attached hydrogens (primary N) is 1. The van der Waals surface area contributed by atoms with E-state index in [1.54, 1.807) is 0 Å². The third-order valence-corrected chi connectivity index (χ3v) is 3.14. The molecule has 1 aliphatic rings. The van der Waals surface area contributed by atoms with Gasteiger partial charge in [0.2, 0.25) is 0 Å². The molecule has 21 heavy (non-hydrogen) atoms. The number of carbonyl (C=O) groups excluding carboxylic acids is 1. The predicted molar refractivity (Wildman–Crippen MR) is 66.8 cm³/mol. The summed E-state index contributed by atoms with van der Waals surface area (Å²) in [7, 11) is 0. The van der Waals surface area contributed by atoms with Crippen LogP contribution in [-0.2, 0) is 10.9 Å². The van der Waals surface area contributed by atoms with Gasteiger partial charge in [0.1, 0.15) is 11.5 Å². The molecule has 1 fully saturated rings. The number of ether oxygens (including phenoxy) is 1. The molecule has 0 aliphatic carbocycles. The second-order valence-electron chi connectivity index (χ2n) is 4.53. The van der Waals surface area contributed by atoms with Crippen molar-refractivity contribution in [3.63, 3.8) is 0 Å². The van der Waals surface area contributed by atoms with Crippen LogP contribution in [0, 0.1) is 0 Å². The van der Waals surface area contributed by atoms with Crippen molar-refractivity contribution >= 4 is 11.7 Å². The van der Waals surface area contributed by atoms with Crippen LogP contribution in [0.1, 0.15) is 16.1 Å². The number of hydrogen-bond acceptors (Lipinski definition) is 5. The molecule has 1 amide bonds. The smallest absolute Gasteiger partial charge is 0.394 e. The van der Waals surface area contributed by atoms with Crippen LogP contribution in [0.2, 0.25) is 0 Å². The third kappa shape index (κ3) is 3.24. The molecule has 0 saturated carbocycles. The van der Waals surface area contributed by atoms with E-state index in [0.717, 1.165) is 6.07 Å². The van der Waals surface area contributed by atoms with Gasteiger partial charge in [-0.2, -0.15) is 13.2 Å². The molecular formula is C12H14F3N3O3. The standard InChI is InChI=1S/C12H14F3N3O3/c13-12(14,15)9-2-1-8(10(16)20)11(17-9)18-3-4-21-6-7(18)5-19/h1-2,7,19H,3-6H2,(H2,16,20). The third-order valence-electron chi connectivity index (χ3n) is 3.14. The molecule has 0 aromatic carbocycles. The zero-order valence-corrected chi connectivity index (χ0v) is 10.9. The van der Waals surface area contributed by atoms with E-state index in [9.17, 15) is 23.1 Å². The minimum Gasteiger partial charge on any atom is -0.394 e. The van der Waals surface area contributed by atoms with Crippen LogP contribution in [0.15, 0.2) is 12.1 Å². The zero-order valence-electron chi connectivity index (χ0n) is 10.9. The van der Waals surface area contributed by atoms with Crippen molar-refractivity contribution in [3.05, 3.63) is 23.4 Å². The van der Waals surface area contributed by atoms with Crippen LogP contribution >= 0.6 is 0 Å². The van der Waals surface area contributed by atoms with E-state index in [1.807, 2.05) is 0 Å². The number of halogens is 3. The fourth-order valence-corrected chi connectivity index (χ4v) is 2.10. The number of pyridine rings is 1. The van der Waals surface area contributed by atoms with Gasteiger partial charge in [0.15, 0.2) is 0 Å². The van der Waals surface area contributed by atoms with E-state index in [2.05, 4.69) is 4.98 Å². The van der Waals surface area contributed by atoms with Crippen molar-refractivity contribution in [1.82, 2.24) is 4.98 Å². The fourth-order valence-electron chi connectivity index (χ4n) is 2.10. The Morgan fingerprint density at radius 3 is 2.81 bits per heavy atom. The Hall–Kier alpha value is -1.87. The number of aliphatic hydroxyl groups excluding tert-OH is 1. The number of alkyl halides is 3. The van der Waals surface area contributed by atoms with Crippen LogP contribution in [0.4, 0.5) is 19.0 Å². The van der Waals surface area contributed by atoms with Crippen molar-refractivity contribution in [2.45, 2.75) is 12.2 Å². The van der Waals surface area contributed by atoms with Crippen molar-refractivity contribution in [2.24, 2.45) is 5.73 Å². The number of nitrogens with zero attached hydrogens (tertiary/aromatic N) is 2. The van der Waals surface area contributed by atoms with Crippen molar-refractivity contribution < 1.29 is 27.8 Å². The number of rotatable bonds is 3. The first-order valence-corrected chi connectivity index (χ1v) is 6.18. The maximum atomic E-state index is 12.8. The highest BCUT2D eigenvalue weighted by Crippen LogP contribution is 2.31. The number of hydrogen-bond donors (Lipinski definition) is 2. The lowest BCUT2D eigenvalue weighted by atomic mass is 10.1. The molecule has 1 aromatic heterocycles. The van der Waals surface area contributed by atoms with Crippen LogP contribution < -0.4 is 10.6 Å². The number of amides is 1. The number of aromatic nitrogens is 1. The summed E-state index contributed by atoms with van der Waals surface area (Å²) in [4.78, 5) is 16.3. The molecule has 1 aromatic rings. The number of aliphatic hydroxyl groups is 1. The average Bonchev–Trinajstić information content (AvgIpc) is 2.45. The van der Waals surface area contributed by atoms with E-state index in [0.29, 0.717) is 6.07 Å². The lowest BCUT2D eigenvalue weighted by Gasteiger charge is -2.36. The molecule has 9 heteroatoms. The van der Waals surface area contributed by atoms with Gasteiger partial charge >= 0.3 is 6.18 Å². The Bertz CT molecular complexity index is 536. The molecule has 6 nitrogen and oxygen atoms in total. The van der Waals surface area contributed by atoms with Crippen LogP contribution in [-0.4, -0.2) is 48.4 Å². The van der Waals surface area contributed by atoms with Gasteiger partial charge in [-0.05, 0) is 12.1 Å². The predicted octanol–water partition coefficient (Wildman–Crippen LogP) is 0.397. The molecule has 0 radical (unpaired) electrons. The summed E-state index contributed by atoms with van der Waals surface area (Å²) in [6.07, 6.45) is -4.63. The molecule has 1 atom stereocenters. The summed E-state index contributed by atoms with van der Waals surface area (Å²) in [6, 6.07) is 1.13. The quantitative estimate of drug-likeness (QED) is 0.843. The first-order valence-electron chi connectivity index (χ1n) is 6.18. The van der Waals surface area contributed by atoms with E-state index in [1.165, 1.54) is 4.90 Å². The average molecular weight is 305 g/mol. The molecule has 116 valence electrons. The second kappa shape index (κ2) is 5.86. The molecule has 1 aliphatic heterocycles. The number of carbonyl (C=O) groups is 1. The molecular weight excluding hydrogens is 291 g/mol. The Morgan fingerprint density at radius 2 is 2.24 bits per heavy atom. The molecule has 0 bridgehead atoms. The zero-order chi connectivity index (χ0) is 15.6. The molecule has 3 N–H and O–H groups in total. The van der Waals surface area contributed by atoms with E-state index in [4.69, 9.17) is 10.5 Å². The molecule has 0 spiro atoms. The van der Waals surface area contributed by atoms with Gasteiger partial charge in [0.25, 0.3) is 5.91 Å². The summed E-state index contributed by atoms with van der Waals surface area (Å²) in [5, 5.41) is 9.29. The lowest BCUT2D eigenvalue weighted by Crippen LogP contribution is -2.49. The van der Waals surface area contributed by atoms with Gasteiger partial charge in [0.05, 0.1) is 31.4 Å². The van der Waals surface area contributed by atoms with E-state index in [-0.39, 0.29) is 37.7 Å². The maximum absolute atomic E-state index is 12.8. The largest absolute Gasteiger partial charge is 0.433 e. The van der Waals surface area contributed by atoms with Gasteiger partial charge in [-0.1, -0.05) is 0 Å². The summed E-state index contributed by atoms with van der Waals surface area (Å²) in [6.45, 7) is 0.259. The minimum atomic E-state index is -4.63. The monoisotopic (exact) mass is 305 g/mol. The Labute approximate surface area is 118 Å². The topological polar surface area (TPSA) is 88.7 Å². The SMILES string of the molecule is NC(=O)c1ccc(C(F)(F)F)nc1N1CCOCC1CO. The number of morpholine rings is 1. The highest BCUT2D eigenvalue weighted by Gasteiger charge is 2.35. The van der Waals surface area contributed by atoms with Gasteiger partial charge < -0.3 is 20.5 Å². The van der Waals surface area contributed by atoms with Crippen LogP contribution in [0.5, 0.6) is 0 Å². The van der Waals surface area contributed by atoms with Gasteiger partial charge in [-0.25, -0.2) is 4.98 Å². The highest BCUT2D eigenvalue weighted by atomic mass is 19.4. The molecule has 2 rings (SSSR count). The van der Waals surface area contributed by atoms with Crippen molar-refractivity contribution in [2.75, 3.05) is 31.3 Å². The summed E-state index contributed by atoms with van der Waals surface area (Å²) < 4.78 is 43.5. The Morgan fingerprint density at radius 1 is 1.52 bits per heavy atom. The summed E-state index contributed by atoms with van der Waals surface area (Å²) >= 11 is 0. The first-order chi connectivity index (χ1) is 9.84. The van der Waals surface area contributed by atoms with Crippen LogP contribution in [0.25, 0.3) is 0 Å². The van der Waals surface area contributed by atoms with Gasteiger partial charge in [-0.15, -0.1) is 0 Å². The minimum absolute atomic E-state index is 0.122. The Kier molecular flexibility index (Phi) is 4.33. The number of primary amides is 1. The van der Waals surface area contributed by atoms with E-state index >= 15 is 0 Å². The van der Waals surface area contributed by atoms with Gasteiger partial charge in [0, 0.05) is 6.54 Å². The van der Waals surface area contributed by atoms with Gasteiger partial charge in [-0.3, -0.25) is 4.79 Å². The molecule has 2 heterocycles. The van der Waals surface area contributed by atoms with Crippen LogP contribution in [0.3, 0.4) is 0 Å². The Balaban J connectivity index is 2.49. The fraction of sp³-hybridized carbons (Fsp3) is 0.500. The van der Waals surface area contributed by atoms with Crippen molar-refractivity contribution in [3.8, 4) is 0 Å². The lowest BCUT2D eigenvalue weighted by molar-refractivity contribution is -0.141. The maximum Gasteiger partial charge on any atom is 0.433 e.